The average molecular weight is 303 g/mol. The number of rotatable bonds is 4. The molecule has 1 aromatic carbocycles. The lowest BCUT2D eigenvalue weighted by Gasteiger charge is -2.28. The molecule has 2 amide bonds. The van der Waals surface area contributed by atoms with Gasteiger partial charge in [0.15, 0.2) is 0 Å². The van der Waals surface area contributed by atoms with Gasteiger partial charge in [-0.25, -0.2) is 0 Å². The van der Waals surface area contributed by atoms with E-state index in [-0.39, 0.29) is 17.9 Å². The van der Waals surface area contributed by atoms with Gasteiger partial charge in [0.2, 0.25) is 11.8 Å². The van der Waals surface area contributed by atoms with E-state index in [0.29, 0.717) is 12.0 Å². The van der Waals surface area contributed by atoms with Crippen molar-refractivity contribution in [2.24, 2.45) is 11.3 Å². The molecular formula is C18H25NO3. The number of hydrogen-bond donors (Lipinski definition) is 1. The second-order valence-corrected chi connectivity index (χ2v) is 6.81. The molecule has 0 bridgehead atoms. The van der Waals surface area contributed by atoms with Gasteiger partial charge in [0.05, 0.1) is 12.0 Å². The van der Waals surface area contributed by atoms with E-state index in [1.807, 2.05) is 39.0 Å². The fourth-order valence-corrected chi connectivity index (χ4v) is 3.16. The fourth-order valence-electron chi connectivity index (χ4n) is 3.16. The van der Waals surface area contributed by atoms with Crippen molar-refractivity contribution in [1.82, 2.24) is 4.90 Å². The molecule has 1 aliphatic rings. The number of imide groups is 1. The van der Waals surface area contributed by atoms with Crippen LogP contribution in [0, 0.1) is 11.3 Å². The molecule has 0 spiro atoms. The maximum absolute atomic E-state index is 12.8. The van der Waals surface area contributed by atoms with Crippen molar-refractivity contribution in [2.45, 2.75) is 52.7 Å². The summed E-state index contributed by atoms with van der Waals surface area (Å²) in [6.07, 6.45) is 0.528. The first kappa shape index (κ1) is 16.7. The van der Waals surface area contributed by atoms with Crippen molar-refractivity contribution in [1.29, 1.82) is 0 Å². The molecule has 1 N–H and O–H groups in total. The Hall–Kier alpha value is -1.68. The number of hydrogen-bond acceptors (Lipinski definition) is 3. The van der Waals surface area contributed by atoms with Crippen LogP contribution in [0.4, 0.5) is 0 Å². The van der Waals surface area contributed by atoms with Crippen LogP contribution in [-0.2, 0) is 9.59 Å². The smallest absolute Gasteiger partial charge is 0.235 e. The number of carbonyl (C=O) groups excluding carboxylic acids is 2. The van der Waals surface area contributed by atoms with Gasteiger partial charge in [0.1, 0.15) is 0 Å². The van der Waals surface area contributed by atoms with Gasteiger partial charge in [-0.15, -0.1) is 0 Å². The van der Waals surface area contributed by atoms with Crippen molar-refractivity contribution in [3.05, 3.63) is 35.9 Å². The van der Waals surface area contributed by atoms with E-state index in [1.165, 1.54) is 4.90 Å². The van der Waals surface area contributed by atoms with E-state index in [0.717, 1.165) is 6.42 Å². The summed E-state index contributed by atoms with van der Waals surface area (Å²) in [4.78, 5) is 26.7. The highest BCUT2D eigenvalue weighted by molar-refractivity contribution is 6.01. The molecule has 3 atom stereocenters. The minimum Gasteiger partial charge on any atom is -0.388 e. The highest BCUT2D eigenvalue weighted by Gasteiger charge is 2.48. The van der Waals surface area contributed by atoms with Crippen LogP contribution in [0.1, 0.15) is 52.2 Å². The van der Waals surface area contributed by atoms with Gasteiger partial charge in [0.25, 0.3) is 0 Å². The quantitative estimate of drug-likeness (QED) is 0.930. The van der Waals surface area contributed by atoms with Crippen molar-refractivity contribution in [3.63, 3.8) is 0 Å². The molecule has 0 aromatic heterocycles. The van der Waals surface area contributed by atoms with Gasteiger partial charge in [0, 0.05) is 11.5 Å². The number of carbonyl (C=O) groups is 2. The van der Waals surface area contributed by atoms with Gasteiger partial charge in [-0.3, -0.25) is 14.5 Å². The van der Waals surface area contributed by atoms with Crippen LogP contribution in [0.3, 0.4) is 0 Å². The summed E-state index contributed by atoms with van der Waals surface area (Å²) in [5.41, 5.74) is 0.190. The molecule has 4 nitrogen and oxygen atoms in total. The first-order valence-electron chi connectivity index (χ1n) is 7.90. The average Bonchev–Trinajstić information content (AvgIpc) is 2.75. The summed E-state index contributed by atoms with van der Waals surface area (Å²) in [6, 6.07) is 9.04. The molecule has 1 aliphatic heterocycles. The van der Waals surface area contributed by atoms with E-state index in [9.17, 15) is 14.7 Å². The van der Waals surface area contributed by atoms with Crippen LogP contribution in [0.2, 0.25) is 0 Å². The predicted octanol–water partition coefficient (Wildman–Crippen LogP) is 2.92. The number of aliphatic hydroxyl groups excluding tert-OH is 1. The third kappa shape index (κ3) is 2.93. The van der Waals surface area contributed by atoms with E-state index in [1.54, 1.807) is 19.1 Å². The third-order valence-corrected chi connectivity index (χ3v) is 4.62. The molecule has 22 heavy (non-hydrogen) atoms. The largest absolute Gasteiger partial charge is 0.388 e. The molecule has 0 saturated carbocycles. The summed E-state index contributed by atoms with van der Waals surface area (Å²) in [5.74, 6) is -1.05. The van der Waals surface area contributed by atoms with Crippen LogP contribution >= 0.6 is 0 Å². The molecule has 0 unspecified atom stereocenters. The normalized spacial score (nSPS) is 23.4. The van der Waals surface area contributed by atoms with Crippen LogP contribution in [0.15, 0.2) is 30.3 Å². The second kappa shape index (κ2) is 6.21. The summed E-state index contributed by atoms with van der Waals surface area (Å²) in [7, 11) is 0. The molecule has 1 heterocycles. The first-order valence-corrected chi connectivity index (χ1v) is 7.90. The van der Waals surface area contributed by atoms with Crippen LogP contribution in [0.5, 0.6) is 0 Å². The summed E-state index contributed by atoms with van der Waals surface area (Å²) in [5, 5.41) is 10.4. The van der Waals surface area contributed by atoms with Crippen molar-refractivity contribution >= 4 is 11.8 Å². The van der Waals surface area contributed by atoms with Crippen molar-refractivity contribution in [2.75, 3.05) is 0 Å². The Labute approximate surface area is 132 Å². The zero-order valence-corrected chi connectivity index (χ0v) is 13.7. The molecule has 1 saturated heterocycles. The number of likely N-dealkylation sites (tertiary alicyclic amines) is 1. The van der Waals surface area contributed by atoms with E-state index >= 15 is 0 Å². The minimum absolute atomic E-state index is 0.0691. The number of aliphatic hydroxyl groups is 1. The first-order chi connectivity index (χ1) is 10.3. The fraction of sp³-hybridized carbons (Fsp3) is 0.556. The monoisotopic (exact) mass is 303 g/mol. The van der Waals surface area contributed by atoms with Crippen LogP contribution in [0.25, 0.3) is 0 Å². The molecule has 0 aliphatic carbocycles. The molecule has 120 valence electrons. The lowest BCUT2D eigenvalue weighted by molar-refractivity contribution is -0.151. The van der Waals surface area contributed by atoms with Gasteiger partial charge in [-0.05, 0) is 18.4 Å². The summed E-state index contributed by atoms with van der Waals surface area (Å²) in [6.45, 7) is 7.43. The molecule has 0 radical (unpaired) electrons. The Morgan fingerprint density at radius 3 is 2.50 bits per heavy atom. The highest BCUT2D eigenvalue weighted by Crippen LogP contribution is 2.38. The number of nitrogens with zero attached hydrogens (tertiary/aromatic N) is 1. The summed E-state index contributed by atoms with van der Waals surface area (Å²) < 4.78 is 0. The Balaban J connectivity index is 2.21. The maximum Gasteiger partial charge on any atom is 0.235 e. The Morgan fingerprint density at radius 2 is 1.95 bits per heavy atom. The lowest BCUT2D eigenvalue weighted by atomic mass is 9.89. The van der Waals surface area contributed by atoms with Gasteiger partial charge < -0.3 is 5.11 Å². The second-order valence-electron chi connectivity index (χ2n) is 6.81. The lowest BCUT2D eigenvalue weighted by Crippen LogP contribution is -2.44. The van der Waals surface area contributed by atoms with E-state index < -0.39 is 17.4 Å². The molecule has 1 fully saturated rings. The Bertz CT molecular complexity index is 553. The predicted molar refractivity (Wildman–Crippen MR) is 84.9 cm³/mol. The van der Waals surface area contributed by atoms with Crippen molar-refractivity contribution in [3.8, 4) is 0 Å². The summed E-state index contributed by atoms with van der Waals surface area (Å²) >= 11 is 0. The number of amides is 2. The van der Waals surface area contributed by atoms with E-state index in [2.05, 4.69) is 0 Å². The Morgan fingerprint density at radius 1 is 1.36 bits per heavy atom. The third-order valence-electron chi connectivity index (χ3n) is 4.62. The van der Waals surface area contributed by atoms with Crippen LogP contribution in [-0.4, -0.2) is 27.9 Å². The molecule has 2 rings (SSSR count). The highest BCUT2D eigenvalue weighted by atomic mass is 16.3. The standard InChI is InChI=1S/C18H25NO3/c1-5-14-11-18(3,4)17(22)19(14)16(21)12(2)15(20)13-9-7-6-8-10-13/h6-10,12,14-15,20H,5,11H2,1-4H3/t12-,14-,15-/m1/s1. The Kier molecular flexibility index (Phi) is 4.71. The zero-order chi connectivity index (χ0) is 16.5. The van der Waals surface area contributed by atoms with Gasteiger partial charge in [-0.1, -0.05) is 58.0 Å². The molecule has 1 aromatic rings. The number of benzene rings is 1. The minimum atomic E-state index is -0.900. The van der Waals surface area contributed by atoms with Gasteiger partial charge >= 0.3 is 0 Å². The molecule has 4 heteroatoms. The SMILES string of the molecule is CC[C@@H]1CC(C)(C)C(=O)N1C(=O)[C@H](C)[C@@H](O)c1ccccc1. The van der Waals surface area contributed by atoms with Crippen LogP contribution < -0.4 is 0 Å². The maximum atomic E-state index is 12.8. The van der Waals surface area contributed by atoms with E-state index in [4.69, 9.17) is 0 Å². The van der Waals surface area contributed by atoms with Crippen molar-refractivity contribution < 1.29 is 14.7 Å². The van der Waals surface area contributed by atoms with Gasteiger partial charge in [-0.2, -0.15) is 0 Å². The topological polar surface area (TPSA) is 57.6 Å². The molecular weight excluding hydrogens is 278 g/mol. The zero-order valence-electron chi connectivity index (χ0n) is 13.7.